The lowest BCUT2D eigenvalue weighted by molar-refractivity contribution is 0.0909. The molecule has 1 aromatic carbocycles. The van der Waals surface area contributed by atoms with Gasteiger partial charge in [-0.25, -0.2) is 4.39 Å². The fourth-order valence-electron chi connectivity index (χ4n) is 6.53. The minimum atomic E-state index is -0.932. The Labute approximate surface area is 192 Å². The van der Waals surface area contributed by atoms with Crippen LogP contribution in [0.2, 0.25) is 0 Å². The summed E-state index contributed by atoms with van der Waals surface area (Å²) in [5.74, 6) is 2.67. The molecule has 0 saturated heterocycles. The number of hydrogen-bond acceptors (Lipinski definition) is 2. The van der Waals surface area contributed by atoms with Gasteiger partial charge >= 0.3 is 0 Å². The van der Waals surface area contributed by atoms with Crippen molar-refractivity contribution in [3.05, 3.63) is 35.4 Å². The van der Waals surface area contributed by atoms with Crippen molar-refractivity contribution >= 4 is 5.76 Å². The monoisotopic (exact) mass is 446 g/mol. The Morgan fingerprint density at radius 2 is 1.47 bits per heavy atom. The molecule has 1 aliphatic heterocycles. The second kappa shape index (κ2) is 11.0. The van der Waals surface area contributed by atoms with Gasteiger partial charge in [-0.05, 0) is 99.7 Å². The molecule has 1 aromatic rings. The van der Waals surface area contributed by atoms with E-state index in [1.165, 1.54) is 70.3 Å². The van der Waals surface area contributed by atoms with Crippen molar-refractivity contribution in [3.8, 4) is 5.75 Å². The zero-order valence-corrected chi connectivity index (χ0v) is 19.9. The Hall–Kier alpha value is -1.58. The smallest absolute Gasteiger partial charge is 0.201 e. The molecule has 0 spiro atoms. The lowest BCUT2D eigenvalue weighted by atomic mass is 9.66. The number of benzene rings is 1. The van der Waals surface area contributed by atoms with E-state index >= 15 is 0 Å². The highest BCUT2D eigenvalue weighted by atomic mass is 19.2. The van der Waals surface area contributed by atoms with Crippen molar-refractivity contribution in [2.24, 2.45) is 29.6 Å². The summed E-state index contributed by atoms with van der Waals surface area (Å²) in [7, 11) is 0. The first-order valence-electron chi connectivity index (χ1n) is 13.0. The number of allylic oxidation sites excluding steroid dienone is 1. The molecule has 2 nitrogen and oxygen atoms in total. The fraction of sp³-hybridized carbons (Fsp3) is 0.714. The molecule has 2 saturated carbocycles. The van der Waals surface area contributed by atoms with Crippen LogP contribution < -0.4 is 4.74 Å². The van der Waals surface area contributed by atoms with Crippen molar-refractivity contribution in [2.45, 2.75) is 84.5 Å². The van der Waals surface area contributed by atoms with Crippen LogP contribution in [0.4, 0.5) is 8.78 Å². The van der Waals surface area contributed by atoms with Crippen molar-refractivity contribution in [2.75, 3.05) is 13.2 Å². The summed E-state index contributed by atoms with van der Waals surface area (Å²) in [6, 6.07) is 3.06. The van der Waals surface area contributed by atoms with Crippen LogP contribution in [0.5, 0.6) is 5.75 Å². The molecule has 4 heteroatoms. The maximum Gasteiger partial charge on any atom is 0.201 e. The third kappa shape index (κ3) is 5.31. The molecule has 0 N–H and O–H groups in total. The first-order valence-corrected chi connectivity index (χ1v) is 13.0. The van der Waals surface area contributed by atoms with Gasteiger partial charge in [0, 0.05) is 0 Å². The fourth-order valence-corrected chi connectivity index (χ4v) is 6.53. The second-order valence-electron chi connectivity index (χ2n) is 10.3. The van der Waals surface area contributed by atoms with E-state index in [9.17, 15) is 8.78 Å². The molecule has 0 aromatic heterocycles. The average molecular weight is 447 g/mol. The van der Waals surface area contributed by atoms with E-state index in [2.05, 4.69) is 6.92 Å². The highest BCUT2D eigenvalue weighted by molar-refractivity contribution is 5.62. The summed E-state index contributed by atoms with van der Waals surface area (Å²) < 4.78 is 39.9. The van der Waals surface area contributed by atoms with Crippen molar-refractivity contribution < 1.29 is 18.3 Å². The first kappa shape index (κ1) is 23.6. The first-order chi connectivity index (χ1) is 15.6. The Bertz CT molecular complexity index is 774. The average Bonchev–Trinajstić information content (AvgIpc) is 2.83. The molecule has 0 amide bonds. The Kier molecular flexibility index (Phi) is 8.12. The van der Waals surface area contributed by atoms with Crippen LogP contribution in [0, 0.1) is 41.2 Å². The van der Waals surface area contributed by atoms with Gasteiger partial charge in [-0.15, -0.1) is 0 Å². The van der Waals surface area contributed by atoms with Crippen LogP contribution in [0.1, 0.15) is 90.0 Å². The van der Waals surface area contributed by atoms with Crippen LogP contribution >= 0.6 is 0 Å². The quantitative estimate of drug-likeness (QED) is 0.421. The number of hydrogen-bond donors (Lipinski definition) is 0. The van der Waals surface area contributed by atoms with E-state index in [4.69, 9.17) is 9.47 Å². The Balaban J connectivity index is 1.28. The lowest BCUT2D eigenvalue weighted by Crippen LogP contribution is -2.30. The van der Waals surface area contributed by atoms with Gasteiger partial charge in [-0.3, -0.25) is 0 Å². The minimum Gasteiger partial charge on any atom is -0.493 e. The third-order valence-electron chi connectivity index (χ3n) is 8.41. The topological polar surface area (TPSA) is 18.5 Å². The van der Waals surface area contributed by atoms with E-state index in [1.807, 2.05) is 6.08 Å². The standard InChI is InChI=1S/C28H40F2O2/c1-3-5-19-6-8-20(9-7-19)21-10-12-22(13-11-21)23-14-16-25(32-18-23)24-15-17-26(31-4-2)28(30)27(24)29/h15-17,19-23H,3-14,18H2,1-2H3. The third-order valence-corrected chi connectivity index (χ3v) is 8.41. The summed E-state index contributed by atoms with van der Waals surface area (Å²) in [6.45, 7) is 4.98. The highest BCUT2D eigenvalue weighted by Gasteiger charge is 2.34. The highest BCUT2D eigenvalue weighted by Crippen LogP contribution is 2.45. The molecule has 178 valence electrons. The largest absolute Gasteiger partial charge is 0.493 e. The molecule has 1 unspecified atom stereocenters. The molecule has 1 atom stereocenters. The maximum absolute atomic E-state index is 14.5. The molecule has 2 aliphatic carbocycles. The van der Waals surface area contributed by atoms with Crippen LogP contribution in [0.3, 0.4) is 0 Å². The zero-order valence-electron chi connectivity index (χ0n) is 19.9. The van der Waals surface area contributed by atoms with E-state index in [0.29, 0.717) is 30.8 Å². The Morgan fingerprint density at radius 3 is 2.03 bits per heavy atom. The zero-order chi connectivity index (χ0) is 22.5. The maximum atomic E-state index is 14.5. The molecule has 0 radical (unpaired) electrons. The van der Waals surface area contributed by atoms with Crippen LogP contribution in [0.15, 0.2) is 18.2 Å². The number of ether oxygens (including phenoxy) is 2. The normalized spacial score (nSPS) is 31.0. The van der Waals surface area contributed by atoms with Gasteiger partial charge in [-0.2, -0.15) is 4.39 Å². The second-order valence-corrected chi connectivity index (χ2v) is 10.3. The van der Waals surface area contributed by atoms with Gasteiger partial charge in [0.2, 0.25) is 5.82 Å². The summed E-state index contributed by atoms with van der Waals surface area (Å²) in [4.78, 5) is 0. The van der Waals surface area contributed by atoms with E-state index < -0.39 is 11.6 Å². The van der Waals surface area contributed by atoms with E-state index in [0.717, 1.165) is 24.2 Å². The molecule has 32 heavy (non-hydrogen) atoms. The van der Waals surface area contributed by atoms with Crippen molar-refractivity contribution in [1.29, 1.82) is 0 Å². The van der Waals surface area contributed by atoms with Gasteiger partial charge < -0.3 is 9.47 Å². The van der Waals surface area contributed by atoms with Crippen LogP contribution in [-0.2, 0) is 4.74 Å². The molecule has 2 fully saturated rings. The number of halogens is 2. The van der Waals surface area contributed by atoms with E-state index in [1.54, 1.807) is 13.0 Å². The molecular formula is C28H40F2O2. The molecular weight excluding hydrogens is 406 g/mol. The van der Waals surface area contributed by atoms with Gasteiger partial charge in [-0.1, -0.05) is 32.6 Å². The number of rotatable bonds is 7. The SMILES string of the molecule is CCCC1CCC(C2CCC(C3CC=C(c4ccc(OCC)c(F)c4F)OC3)CC2)CC1. The van der Waals surface area contributed by atoms with Gasteiger partial charge in [0.15, 0.2) is 11.6 Å². The molecule has 4 rings (SSSR count). The predicted molar refractivity (Wildman–Crippen MR) is 125 cm³/mol. The molecule has 0 bridgehead atoms. The minimum absolute atomic E-state index is 0.0429. The van der Waals surface area contributed by atoms with Crippen molar-refractivity contribution in [1.82, 2.24) is 0 Å². The molecule has 3 aliphatic rings. The summed E-state index contributed by atoms with van der Waals surface area (Å²) >= 11 is 0. The van der Waals surface area contributed by atoms with E-state index in [-0.39, 0.29) is 11.3 Å². The van der Waals surface area contributed by atoms with Crippen LogP contribution in [0.25, 0.3) is 5.76 Å². The van der Waals surface area contributed by atoms with Crippen molar-refractivity contribution in [3.63, 3.8) is 0 Å². The Morgan fingerprint density at radius 1 is 0.844 bits per heavy atom. The summed E-state index contributed by atoms with van der Waals surface area (Å²) in [6.07, 6.45) is 16.7. The molecule has 1 heterocycles. The van der Waals surface area contributed by atoms with Crippen LogP contribution in [-0.4, -0.2) is 13.2 Å². The van der Waals surface area contributed by atoms with Gasteiger partial charge in [0.25, 0.3) is 0 Å². The van der Waals surface area contributed by atoms with Gasteiger partial charge in [0.1, 0.15) is 5.76 Å². The summed E-state index contributed by atoms with van der Waals surface area (Å²) in [5.41, 5.74) is 0.201. The predicted octanol–water partition coefficient (Wildman–Crippen LogP) is 8.15. The summed E-state index contributed by atoms with van der Waals surface area (Å²) in [5, 5.41) is 0. The van der Waals surface area contributed by atoms with Gasteiger partial charge in [0.05, 0.1) is 18.8 Å². The lowest BCUT2D eigenvalue weighted by Gasteiger charge is -2.40.